The third kappa shape index (κ3) is 3.84. The van der Waals surface area contributed by atoms with Gasteiger partial charge in [0.25, 0.3) is 0 Å². The Labute approximate surface area is 76.0 Å². The first-order chi connectivity index (χ1) is 4.96. The van der Waals surface area contributed by atoms with Crippen LogP contribution in [-0.4, -0.2) is 8.32 Å². The summed E-state index contributed by atoms with van der Waals surface area (Å²) in [6.45, 7) is 8.99. The zero-order valence-electron chi connectivity index (χ0n) is 8.01. The maximum absolute atomic E-state index is 10.3. The second-order valence-corrected chi connectivity index (χ2v) is 10.1. The summed E-state index contributed by atoms with van der Waals surface area (Å²) >= 11 is 0. The molecule has 0 aliphatic heterocycles. The smallest absolute Gasteiger partial charge is 0.185 e. The van der Waals surface area contributed by atoms with Gasteiger partial charge in [0, 0.05) is 0 Å². The summed E-state index contributed by atoms with van der Waals surface area (Å²) in [7, 11) is -6.74. The molecule has 0 saturated heterocycles. The highest BCUT2D eigenvalue weighted by Crippen LogP contribution is 2.37. The average Bonchev–Trinajstić information content (AvgIpc) is 1.52. The third-order valence-electron chi connectivity index (χ3n) is 2.09. The van der Waals surface area contributed by atoms with E-state index >= 15 is 0 Å². The molecule has 0 unspecified atom stereocenters. The molecule has 0 heterocycles. The molecule has 6 heteroatoms. The predicted molar refractivity (Wildman–Crippen MR) is 38.3 cm³/mol. The Kier molecular flexibility index (Phi) is 3.34. The minimum atomic E-state index is -4.28. The van der Waals surface area contributed by atoms with Crippen molar-refractivity contribution in [2.24, 2.45) is 0 Å². The fourth-order valence-electron chi connectivity index (χ4n) is 0.352. The van der Waals surface area contributed by atoms with Gasteiger partial charge in [0.05, 0.1) is 10.2 Å². The molecular formula is C6H15ClO4Si. The molecule has 0 aliphatic rings. The van der Waals surface area contributed by atoms with Crippen LogP contribution in [0.4, 0.5) is 0 Å². The quantitative estimate of drug-likeness (QED) is 0.547. The lowest BCUT2D eigenvalue weighted by atomic mass is 10.2. The van der Waals surface area contributed by atoms with Crippen LogP contribution in [0.1, 0.15) is 20.8 Å². The highest BCUT2D eigenvalue weighted by molar-refractivity contribution is 6.73. The first-order valence-corrected chi connectivity index (χ1v) is 7.71. The van der Waals surface area contributed by atoms with Crippen LogP contribution >= 0.6 is 0 Å². The van der Waals surface area contributed by atoms with E-state index < -0.39 is 18.6 Å². The molecule has 0 atom stereocenters. The molecule has 0 aromatic heterocycles. The Bertz CT molecular complexity index is 158. The summed E-state index contributed by atoms with van der Waals surface area (Å²) in [5.74, 6) is 0. The molecule has 0 saturated carbocycles. The Morgan fingerprint density at radius 2 is 1.42 bits per heavy atom. The monoisotopic (exact) mass is 214 g/mol. The van der Waals surface area contributed by atoms with Crippen LogP contribution in [0.3, 0.4) is 0 Å². The molecule has 0 aromatic carbocycles. The van der Waals surface area contributed by atoms with E-state index in [9.17, 15) is 14.0 Å². The van der Waals surface area contributed by atoms with Crippen LogP contribution in [0.5, 0.6) is 0 Å². The predicted octanol–water partition coefficient (Wildman–Crippen LogP) is -1.09. The minimum absolute atomic E-state index is 0.266. The molecule has 4 nitrogen and oxygen atoms in total. The van der Waals surface area contributed by atoms with Crippen molar-refractivity contribution >= 4 is 8.32 Å². The highest BCUT2D eigenvalue weighted by atomic mass is 35.7. The highest BCUT2D eigenvalue weighted by Gasteiger charge is 2.51. The molecule has 74 valence electrons. The lowest BCUT2D eigenvalue weighted by Crippen LogP contribution is -2.66. The van der Waals surface area contributed by atoms with E-state index in [1.54, 1.807) is 13.1 Å². The molecule has 0 spiro atoms. The average molecular weight is 215 g/mol. The van der Waals surface area contributed by atoms with E-state index in [0.717, 1.165) is 0 Å². The van der Waals surface area contributed by atoms with Crippen LogP contribution in [0.2, 0.25) is 18.1 Å². The zero-order valence-corrected chi connectivity index (χ0v) is 9.77. The number of halogens is 1. The van der Waals surface area contributed by atoms with E-state index in [4.69, 9.17) is 0 Å². The Morgan fingerprint density at radius 3 is 1.50 bits per heavy atom. The van der Waals surface area contributed by atoms with Gasteiger partial charge in [0.2, 0.25) is 0 Å². The zero-order chi connectivity index (χ0) is 10.2. The van der Waals surface area contributed by atoms with E-state index in [0.29, 0.717) is 0 Å². The summed E-state index contributed by atoms with van der Waals surface area (Å²) in [5, 5.41) is -0.266. The second kappa shape index (κ2) is 3.25. The lowest BCUT2D eigenvalue weighted by molar-refractivity contribution is -1.91. The third-order valence-corrected chi connectivity index (χ3v) is 8.00. The summed E-state index contributed by atoms with van der Waals surface area (Å²) in [5.41, 5.74) is 0. The van der Waals surface area contributed by atoms with Crippen molar-refractivity contribution in [3.05, 3.63) is 0 Å². The van der Waals surface area contributed by atoms with Crippen molar-refractivity contribution in [3.63, 3.8) is 0 Å². The Balaban J connectivity index is 4.44. The molecule has 0 aromatic rings. The molecule has 0 bridgehead atoms. The van der Waals surface area contributed by atoms with E-state index in [1.165, 1.54) is 0 Å². The molecule has 12 heavy (non-hydrogen) atoms. The van der Waals surface area contributed by atoms with Crippen molar-refractivity contribution in [3.8, 4) is 0 Å². The summed E-state index contributed by atoms with van der Waals surface area (Å²) < 4.78 is 35.5. The van der Waals surface area contributed by atoms with Gasteiger partial charge >= 0.3 is 8.32 Å². The molecule has 0 amide bonds. The van der Waals surface area contributed by atoms with Gasteiger partial charge in [-0.15, -0.1) is 0 Å². The fourth-order valence-corrected chi connectivity index (χ4v) is 3.17. The van der Waals surface area contributed by atoms with Crippen molar-refractivity contribution in [1.29, 1.82) is 0 Å². The van der Waals surface area contributed by atoms with Gasteiger partial charge in [-0.25, -0.2) is 0 Å². The van der Waals surface area contributed by atoms with Crippen LogP contribution in [0.15, 0.2) is 0 Å². The number of hydrogen-bond acceptors (Lipinski definition) is 4. The topological polar surface area (TPSA) is 78.4 Å². The number of hydrogen-bond donors (Lipinski definition) is 0. The van der Waals surface area contributed by atoms with Gasteiger partial charge < -0.3 is 0 Å². The fraction of sp³-hybridized carbons (Fsp3) is 1.00. The van der Waals surface area contributed by atoms with E-state index in [-0.39, 0.29) is 5.04 Å². The maximum Gasteiger partial charge on any atom is 0.402 e. The Hall–Kier alpha value is 0.347. The minimum Gasteiger partial charge on any atom is -0.185 e. The first kappa shape index (κ1) is 12.3. The van der Waals surface area contributed by atoms with Crippen molar-refractivity contribution in [2.45, 2.75) is 38.9 Å². The SMILES string of the molecule is CC(C)(C)[Si](C)(C)O[Cl+3]([O-])([O-])[O-]. The van der Waals surface area contributed by atoms with E-state index in [2.05, 4.69) is 3.98 Å². The van der Waals surface area contributed by atoms with Crippen molar-refractivity contribution in [2.75, 3.05) is 0 Å². The first-order valence-electron chi connectivity index (χ1n) is 3.57. The maximum atomic E-state index is 10.3. The normalized spacial score (nSPS) is 15.0. The number of rotatable bonds is 2. The molecule has 0 N–H and O–H groups in total. The van der Waals surface area contributed by atoms with Crippen molar-refractivity contribution < 1.29 is 28.2 Å². The summed E-state index contributed by atoms with van der Waals surface area (Å²) in [4.78, 5) is 0. The van der Waals surface area contributed by atoms with Gasteiger partial charge in [-0.2, -0.15) is 14.0 Å². The lowest BCUT2D eigenvalue weighted by Gasteiger charge is -2.31. The second-order valence-electron chi connectivity index (χ2n) is 4.22. The largest absolute Gasteiger partial charge is 0.402 e. The molecule has 0 rings (SSSR count). The van der Waals surface area contributed by atoms with Crippen LogP contribution in [-0.2, 0) is 3.98 Å². The van der Waals surface area contributed by atoms with Crippen LogP contribution < -0.4 is 14.0 Å². The van der Waals surface area contributed by atoms with Gasteiger partial charge in [-0.05, 0) is 22.1 Å². The van der Waals surface area contributed by atoms with Gasteiger partial charge in [-0.3, -0.25) is 0 Å². The standard InChI is InChI=1S/C6H15ClO4Si/c1-6(2,3)12(4,5)11-7(8,9)10/h1-5H3. The molecule has 0 aliphatic carbocycles. The summed E-state index contributed by atoms with van der Waals surface area (Å²) in [6.07, 6.45) is 0. The Morgan fingerprint density at radius 1 is 1.08 bits per heavy atom. The molecule has 0 fully saturated rings. The van der Waals surface area contributed by atoms with Gasteiger partial charge in [-0.1, -0.05) is 20.8 Å². The van der Waals surface area contributed by atoms with E-state index in [1.807, 2.05) is 20.8 Å². The van der Waals surface area contributed by atoms with Crippen LogP contribution in [0.25, 0.3) is 0 Å². The van der Waals surface area contributed by atoms with Crippen LogP contribution in [0, 0.1) is 10.2 Å². The van der Waals surface area contributed by atoms with Gasteiger partial charge in [0.15, 0.2) is 0 Å². The van der Waals surface area contributed by atoms with Gasteiger partial charge in [0.1, 0.15) is 0 Å². The molecule has 0 radical (unpaired) electrons. The van der Waals surface area contributed by atoms with Crippen molar-refractivity contribution in [1.82, 2.24) is 0 Å². The summed E-state index contributed by atoms with van der Waals surface area (Å²) in [6, 6.07) is 0. The molecular weight excluding hydrogens is 200 g/mol.